The highest BCUT2D eigenvalue weighted by Gasteiger charge is 2.19. The van der Waals surface area contributed by atoms with Crippen molar-refractivity contribution in [3.05, 3.63) is 23.0 Å². The van der Waals surface area contributed by atoms with Crippen molar-refractivity contribution in [3.8, 4) is 5.75 Å². The number of rotatable bonds is 10. The lowest BCUT2D eigenvalue weighted by molar-refractivity contribution is -0.138. The molecule has 12 nitrogen and oxygen atoms in total. The van der Waals surface area contributed by atoms with E-state index in [0.29, 0.717) is 6.42 Å². The van der Waals surface area contributed by atoms with Crippen molar-refractivity contribution in [2.24, 2.45) is 21.5 Å². The summed E-state index contributed by atoms with van der Waals surface area (Å²) in [6.45, 7) is 1.20. The number of phosphoric ester groups is 1. The van der Waals surface area contributed by atoms with Crippen molar-refractivity contribution < 1.29 is 33.9 Å². The van der Waals surface area contributed by atoms with Gasteiger partial charge in [0.25, 0.3) is 0 Å². The van der Waals surface area contributed by atoms with E-state index in [1.165, 1.54) is 13.1 Å². The van der Waals surface area contributed by atoms with Crippen molar-refractivity contribution >= 4 is 26.0 Å². The van der Waals surface area contributed by atoms with E-state index in [9.17, 15) is 19.6 Å². The molecule has 0 aliphatic rings. The maximum Gasteiger partial charge on any atom is 0.469 e. The van der Waals surface area contributed by atoms with Crippen LogP contribution < -0.4 is 11.5 Å². The summed E-state index contributed by atoms with van der Waals surface area (Å²) in [6.07, 6.45) is 2.87. The molecule has 1 aromatic rings. The number of carboxylic acids is 1. The second-order valence-corrected chi connectivity index (χ2v) is 6.72. The Labute approximate surface area is 154 Å². The van der Waals surface area contributed by atoms with Gasteiger partial charge in [0.05, 0.1) is 12.3 Å². The van der Waals surface area contributed by atoms with Gasteiger partial charge >= 0.3 is 13.8 Å². The summed E-state index contributed by atoms with van der Waals surface area (Å²) < 4.78 is 15.3. The lowest BCUT2D eigenvalue weighted by atomic mass is 10.1. The topological polar surface area (TPSA) is 214 Å². The van der Waals surface area contributed by atoms with E-state index in [1.807, 2.05) is 0 Å². The van der Waals surface area contributed by atoms with Crippen LogP contribution in [0.15, 0.2) is 16.2 Å². The van der Waals surface area contributed by atoms with Gasteiger partial charge < -0.3 is 31.5 Å². The molecule has 1 rings (SSSR count). The van der Waals surface area contributed by atoms with Crippen LogP contribution in [0.3, 0.4) is 0 Å². The van der Waals surface area contributed by atoms with Gasteiger partial charge in [-0.25, -0.2) is 9.36 Å². The zero-order valence-corrected chi connectivity index (χ0v) is 15.4. The zero-order valence-electron chi connectivity index (χ0n) is 14.5. The summed E-state index contributed by atoms with van der Waals surface area (Å²) in [7, 11) is -4.74. The van der Waals surface area contributed by atoms with Gasteiger partial charge in [-0.2, -0.15) is 0 Å². The number of nitrogens with two attached hydrogens (primary N) is 2. The number of carboxylic acid groups (broad SMARTS) is 1. The number of pyridine rings is 1. The first-order chi connectivity index (χ1) is 12.5. The lowest BCUT2D eigenvalue weighted by Crippen LogP contribution is -2.23. The Hall–Kier alpha value is -2.53. The van der Waals surface area contributed by atoms with E-state index in [-0.39, 0.29) is 41.5 Å². The Balaban J connectivity index is 3.00. The molecule has 1 aromatic heterocycles. The van der Waals surface area contributed by atoms with Crippen molar-refractivity contribution in [2.75, 3.05) is 6.54 Å². The van der Waals surface area contributed by atoms with Gasteiger partial charge in [-0.05, 0) is 19.8 Å². The largest absolute Gasteiger partial charge is 0.505 e. The number of aromatic hydroxyl groups is 1. The molecule has 1 atom stereocenters. The smallest absolute Gasteiger partial charge is 0.469 e. The van der Waals surface area contributed by atoms with Gasteiger partial charge in [0, 0.05) is 30.1 Å². The Morgan fingerprint density at radius 1 is 1.44 bits per heavy atom. The van der Waals surface area contributed by atoms with Crippen molar-refractivity contribution in [2.45, 2.75) is 32.4 Å². The van der Waals surface area contributed by atoms with Crippen LogP contribution in [-0.4, -0.2) is 55.7 Å². The van der Waals surface area contributed by atoms with Crippen LogP contribution in [-0.2, 0) is 20.5 Å². The van der Waals surface area contributed by atoms with Gasteiger partial charge in [-0.3, -0.25) is 19.5 Å². The summed E-state index contributed by atoms with van der Waals surface area (Å²) >= 11 is 0. The molecule has 0 saturated carbocycles. The first-order valence-electron chi connectivity index (χ1n) is 7.70. The van der Waals surface area contributed by atoms with Gasteiger partial charge in [-0.15, -0.1) is 0 Å². The summed E-state index contributed by atoms with van der Waals surface area (Å²) in [6, 6.07) is -1.12. The number of guanidine groups is 1. The molecule has 27 heavy (non-hydrogen) atoms. The minimum absolute atomic E-state index is 0.0615. The fraction of sp³-hybridized carbons (Fsp3) is 0.429. The van der Waals surface area contributed by atoms with Crippen LogP contribution in [0.1, 0.15) is 29.7 Å². The van der Waals surface area contributed by atoms with E-state index in [1.54, 1.807) is 0 Å². The number of aryl methyl sites for hydroxylation is 1. The first-order valence-corrected chi connectivity index (χ1v) is 9.23. The van der Waals surface area contributed by atoms with Gasteiger partial charge in [-0.1, -0.05) is 0 Å². The molecule has 1 heterocycles. The molecule has 13 heteroatoms. The predicted molar refractivity (Wildman–Crippen MR) is 96.4 cm³/mol. The Kier molecular flexibility index (Phi) is 8.32. The Morgan fingerprint density at radius 2 is 2.11 bits per heavy atom. The third kappa shape index (κ3) is 8.13. The number of phosphoric acid groups is 1. The maximum absolute atomic E-state index is 11.3. The molecule has 0 radical (unpaired) electrons. The van der Waals surface area contributed by atoms with E-state index in [2.05, 4.69) is 19.5 Å². The van der Waals surface area contributed by atoms with Crippen LogP contribution in [0.5, 0.6) is 5.75 Å². The van der Waals surface area contributed by atoms with Crippen LogP contribution in [0.25, 0.3) is 0 Å². The second-order valence-electron chi connectivity index (χ2n) is 5.48. The van der Waals surface area contributed by atoms with Gasteiger partial charge in [0.2, 0.25) is 0 Å². The number of nitrogens with zero attached hydrogens (tertiary/aromatic N) is 3. The van der Waals surface area contributed by atoms with Crippen LogP contribution in [0.2, 0.25) is 0 Å². The molecular formula is C14H22N5O7P. The summed E-state index contributed by atoms with van der Waals surface area (Å²) in [5, 5.41) is 19.4. The molecule has 0 spiro atoms. The normalized spacial score (nSPS) is 12.9. The number of aliphatic imine (C=N–C) groups is 2. The standard InChI is InChI=1S/C14H22N5O7P/c1-8-12(20)10(9(5-18-8)7-26-27(23,24)25)6-19-11(13(21)22)3-2-4-17-14(15)16/h5-6,11,20H,2-4,7H2,1H3,(H,21,22)(H4,15,16,17)(H2,23,24,25)/t11-/m0/s1. The average molecular weight is 403 g/mol. The molecule has 0 aliphatic heterocycles. The molecule has 0 fully saturated rings. The highest BCUT2D eigenvalue weighted by molar-refractivity contribution is 7.46. The quantitative estimate of drug-likeness (QED) is 0.129. The van der Waals surface area contributed by atoms with E-state index in [4.69, 9.17) is 21.3 Å². The highest BCUT2D eigenvalue weighted by Crippen LogP contribution is 2.37. The van der Waals surface area contributed by atoms with Crippen molar-refractivity contribution in [3.63, 3.8) is 0 Å². The fourth-order valence-electron chi connectivity index (χ4n) is 1.98. The van der Waals surface area contributed by atoms with Crippen LogP contribution in [0.4, 0.5) is 0 Å². The Morgan fingerprint density at radius 3 is 2.67 bits per heavy atom. The molecule has 150 valence electrons. The number of hydrogen-bond acceptors (Lipinski definition) is 7. The number of aromatic nitrogens is 1. The minimum atomic E-state index is -4.74. The highest BCUT2D eigenvalue weighted by atomic mass is 31.2. The SMILES string of the molecule is Cc1ncc(COP(=O)(O)O)c(C=N[C@@H](CCCN=C(N)N)C(=O)O)c1O. The summed E-state index contributed by atoms with van der Waals surface area (Å²) in [5.74, 6) is -1.58. The average Bonchev–Trinajstić information content (AvgIpc) is 2.55. The third-order valence-corrected chi connectivity index (χ3v) is 3.81. The molecule has 0 amide bonds. The molecule has 0 saturated heterocycles. The van der Waals surface area contributed by atoms with E-state index >= 15 is 0 Å². The predicted octanol–water partition coefficient (Wildman–Crippen LogP) is -0.369. The molecule has 0 bridgehead atoms. The van der Waals surface area contributed by atoms with E-state index in [0.717, 1.165) is 6.21 Å². The van der Waals surface area contributed by atoms with Crippen molar-refractivity contribution in [1.29, 1.82) is 0 Å². The maximum atomic E-state index is 11.3. The van der Waals surface area contributed by atoms with Gasteiger partial charge in [0.15, 0.2) is 5.96 Å². The molecule has 8 N–H and O–H groups in total. The molecule has 0 unspecified atom stereocenters. The summed E-state index contributed by atoms with van der Waals surface area (Å²) in [5.41, 5.74) is 10.8. The monoisotopic (exact) mass is 403 g/mol. The van der Waals surface area contributed by atoms with Gasteiger partial charge in [0.1, 0.15) is 11.8 Å². The Bertz CT molecular complexity index is 773. The number of hydrogen-bond donors (Lipinski definition) is 6. The molecule has 0 aliphatic carbocycles. The van der Waals surface area contributed by atoms with Crippen LogP contribution in [0, 0.1) is 6.92 Å². The van der Waals surface area contributed by atoms with E-state index < -0.39 is 26.4 Å². The lowest BCUT2D eigenvalue weighted by Gasteiger charge is -2.11. The van der Waals surface area contributed by atoms with Crippen LogP contribution >= 0.6 is 7.82 Å². The fourth-order valence-corrected chi connectivity index (χ4v) is 2.29. The minimum Gasteiger partial charge on any atom is -0.505 e. The number of carbonyl (C=O) groups is 1. The number of aliphatic carboxylic acids is 1. The molecular weight excluding hydrogens is 381 g/mol. The zero-order chi connectivity index (χ0) is 20.6. The molecule has 0 aromatic carbocycles. The summed E-state index contributed by atoms with van der Waals surface area (Å²) in [4.78, 5) is 40.5. The second kappa shape index (κ2) is 9.97. The van der Waals surface area contributed by atoms with Crippen molar-refractivity contribution in [1.82, 2.24) is 4.98 Å². The first kappa shape index (κ1) is 22.5. The third-order valence-electron chi connectivity index (χ3n) is 3.34.